The summed E-state index contributed by atoms with van der Waals surface area (Å²) in [6.07, 6.45) is 0. The summed E-state index contributed by atoms with van der Waals surface area (Å²) in [5.41, 5.74) is 0.0861. The molecule has 0 radical (unpaired) electrons. The summed E-state index contributed by atoms with van der Waals surface area (Å²) < 4.78 is 1.25. The Labute approximate surface area is 142 Å². The summed E-state index contributed by atoms with van der Waals surface area (Å²) in [6.45, 7) is 3.46. The van der Waals surface area contributed by atoms with E-state index in [0.29, 0.717) is 10.6 Å². The van der Waals surface area contributed by atoms with Crippen LogP contribution in [0.15, 0.2) is 24.3 Å². The van der Waals surface area contributed by atoms with E-state index in [1.807, 2.05) is 6.07 Å². The summed E-state index contributed by atoms with van der Waals surface area (Å²) >= 11 is 5.89. The highest BCUT2D eigenvalue weighted by Gasteiger charge is 2.31. The first-order valence-corrected chi connectivity index (χ1v) is 7.44. The van der Waals surface area contributed by atoms with Gasteiger partial charge in [0.15, 0.2) is 0 Å². The number of nitriles is 1. The normalized spacial score (nSPS) is 11.6. The molecule has 24 heavy (non-hydrogen) atoms. The zero-order chi connectivity index (χ0) is 17.9. The minimum atomic E-state index is -0.990. The third kappa shape index (κ3) is 3.36. The highest BCUT2D eigenvalue weighted by Crippen LogP contribution is 2.24. The van der Waals surface area contributed by atoms with Gasteiger partial charge in [0.25, 0.3) is 5.91 Å². The van der Waals surface area contributed by atoms with Gasteiger partial charge in [-0.05, 0) is 31.5 Å². The summed E-state index contributed by atoms with van der Waals surface area (Å²) in [4.78, 5) is 23.1. The number of hydrogen-bond donors (Lipinski definition) is 1. The van der Waals surface area contributed by atoms with Crippen molar-refractivity contribution in [1.82, 2.24) is 15.1 Å². The van der Waals surface area contributed by atoms with E-state index in [-0.39, 0.29) is 23.6 Å². The van der Waals surface area contributed by atoms with E-state index in [1.165, 1.54) is 11.6 Å². The lowest BCUT2D eigenvalue weighted by molar-refractivity contribution is -0.385. The number of carbonyl (C=O) groups excluding carboxylic acids is 1. The number of nitrogens with zero attached hydrogens (tertiary/aromatic N) is 4. The SMILES string of the molecule is CCn1nc(C)c([N+](=O)[O-])c1C(=O)NC(C#N)c1cccc(Cl)c1. The number of aryl methyl sites for hydroxylation is 2. The van der Waals surface area contributed by atoms with Crippen LogP contribution in [0.25, 0.3) is 0 Å². The van der Waals surface area contributed by atoms with Gasteiger partial charge in [-0.1, -0.05) is 23.7 Å². The van der Waals surface area contributed by atoms with Crippen molar-refractivity contribution >= 4 is 23.2 Å². The van der Waals surface area contributed by atoms with Gasteiger partial charge in [-0.25, -0.2) is 0 Å². The van der Waals surface area contributed by atoms with Crippen molar-refractivity contribution in [1.29, 1.82) is 5.26 Å². The fourth-order valence-corrected chi connectivity index (χ4v) is 2.52. The van der Waals surface area contributed by atoms with Crippen LogP contribution in [0.1, 0.15) is 34.7 Å². The second-order valence-electron chi connectivity index (χ2n) is 4.95. The predicted molar refractivity (Wildman–Crippen MR) is 86.6 cm³/mol. The Kier molecular flexibility index (Phi) is 5.16. The van der Waals surface area contributed by atoms with Gasteiger partial charge in [0.2, 0.25) is 5.69 Å². The molecule has 1 aromatic carbocycles. The molecule has 2 aromatic rings. The Hall–Kier alpha value is -2.92. The smallest absolute Gasteiger partial charge is 0.322 e. The number of benzene rings is 1. The molecule has 1 amide bonds. The van der Waals surface area contributed by atoms with E-state index >= 15 is 0 Å². The average Bonchev–Trinajstić information content (AvgIpc) is 2.89. The van der Waals surface area contributed by atoms with Gasteiger partial charge >= 0.3 is 5.69 Å². The first-order chi connectivity index (χ1) is 11.4. The molecule has 0 aliphatic carbocycles. The molecule has 0 spiro atoms. The second-order valence-corrected chi connectivity index (χ2v) is 5.38. The number of amides is 1. The molecule has 1 aromatic heterocycles. The van der Waals surface area contributed by atoms with Gasteiger partial charge in [-0.2, -0.15) is 10.4 Å². The molecule has 0 aliphatic rings. The number of nitrogens with one attached hydrogen (secondary N) is 1. The second kappa shape index (κ2) is 7.10. The average molecular weight is 348 g/mol. The summed E-state index contributed by atoms with van der Waals surface area (Å²) in [5.74, 6) is -0.740. The summed E-state index contributed by atoms with van der Waals surface area (Å²) in [6, 6.07) is 7.43. The number of halogens is 1. The molecule has 0 saturated carbocycles. The number of rotatable bonds is 5. The van der Waals surface area contributed by atoms with Crippen LogP contribution < -0.4 is 5.32 Å². The molecule has 0 aliphatic heterocycles. The topological polar surface area (TPSA) is 114 Å². The Bertz CT molecular complexity index is 840. The van der Waals surface area contributed by atoms with Crippen molar-refractivity contribution in [3.05, 3.63) is 56.4 Å². The fourth-order valence-electron chi connectivity index (χ4n) is 2.32. The van der Waals surface area contributed by atoms with E-state index in [4.69, 9.17) is 11.6 Å². The van der Waals surface area contributed by atoms with Gasteiger partial charge in [0.05, 0.1) is 11.0 Å². The van der Waals surface area contributed by atoms with Crippen LogP contribution >= 0.6 is 11.6 Å². The van der Waals surface area contributed by atoms with E-state index in [2.05, 4.69) is 10.4 Å². The zero-order valence-corrected chi connectivity index (χ0v) is 13.7. The lowest BCUT2D eigenvalue weighted by Crippen LogP contribution is -2.30. The fraction of sp³-hybridized carbons (Fsp3) is 0.267. The highest BCUT2D eigenvalue weighted by atomic mass is 35.5. The predicted octanol–water partition coefficient (Wildman–Crippen LogP) is 2.77. The van der Waals surface area contributed by atoms with Crippen LogP contribution in [-0.4, -0.2) is 20.6 Å². The Balaban J connectivity index is 2.39. The molecule has 2 rings (SSSR count). The van der Waals surface area contributed by atoms with E-state index in [9.17, 15) is 20.2 Å². The zero-order valence-electron chi connectivity index (χ0n) is 13.0. The van der Waals surface area contributed by atoms with Crippen LogP contribution in [0, 0.1) is 28.4 Å². The largest absolute Gasteiger partial charge is 0.331 e. The van der Waals surface area contributed by atoms with Gasteiger partial charge in [-0.15, -0.1) is 0 Å². The molecule has 9 heteroatoms. The number of carbonyl (C=O) groups is 1. The van der Waals surface area contributed by atoms with Crippen LogP contribution in [0.3, 0.4) is 0 Å². The molecular formula is C15H14ClN5O3. The Morgan fingerprint density at radius 3 is 2.83 bits per heavy atom. The highest BCUT2D eigenvalue weighted by molar-refractivity contribution is 6.30. The van der Waals surface area contributed by atoms with E-state index < -0.39 is 16.9 Å². The van der Waals surface area contributed by atoms with Crippen molar-refractivity contribution in [2.24, 2.45) is 0 Å². The third-order valence-corrected chi connectivity index (χ3v) is 3.61. The molecule has 124 valence electrons. The van der Waals surface area contributed by atoms with Crippen LogP contribution in [0.5, 0.6) is 0 Å². The summed E-state index contributed by atoms with van der Waals surface area (Å²) in [7, 11) is 0. The standard InChI is InChI=1S/C15H14ClN5O3/c1-3-20-14(13(21(23)24)9(2)19-20)15(22)18-12(8-17)10-5-4-6-11(16)7-10/h4-7,12H,3H2,1-2H3,(H,18,22). The number of hydrogen-bond acceptors (Lipinski definition) is 5. The Morgan fingerprint density at radius 2 is 2.29 bits per heavy atom. The van der Waals surface area contributed by atoms with Crippen molar-refractivity contribution < 1.29 is 9.72 Å². The third-order valence-electron chi connectivity index (χ3n) is 3.38. The Morgan fingerprint density at radius 1 is 1.58 bits per heavy atom. The van der Waals surface area contributed by atoms with E-state index in [1.54, 1.807) is 31.2 Å². The first-order valence-electron chi connectivity index (χ1n) is 7.06. The maximum absolute atomic E-state index is 12.5. The van der Waals surface area contributed by atoms with Gasteiger partial charge in [0.1, 0.15) is 11.7 Å². The lowest BCUT2D eigenvalue weighted by Gasteiger charge is -2.12. The first kappa shape index (κ1) is 17.4. The maximum atomic E-state index is 12.5. The lowest BCUT2D eigenvalue weighted by atomic mass is 10.1. The van der Waals surface area contributed by atoms with Crippen LogP contribution in [0.2, 0.25) is 5.02 Å². The molecule has 0 saturated heterocycles. The van der Waals surface area contributed by atoms with Gasteiger partial charge in [0, 0.05) is 11.6 Å². The maximum Gasteiger partial charge on any atom is 0.322 e. The minimum Gasteiger partial charge on any atom is -0.331 e. The van der Waals surface area contributed by atoms with Crippen molar-refractivity contribution in [2.45, 2.75) is 26.4 Å². The molecule has 0 bridgehead atoms. The van der Waals surface area contributed by atoms with Crippen LogP contribution in [0.4, 0.5) is 5.69 Å². The van der Waals surface area contributed by atoms with Crippen molar-refractivity contribution in [3.63, 3.8) is 0 Å². The molecule has 1 unspecified atom stereocenters. The van der Waals surface area contributed by atoms with Crippen LogP contribution in [-0.2, 0) is 6.54 Å². The molecule has 8 nitrogen and oxygen atoms in total. The van der Waals surface area contributed by atoms with Gasteiger partial charge < -0.3 is 5.32 Å². The number of nitro groups is 1. The minimum absolute atomic E-state index is 0.142. The molecule has 1 heterocycles. The molecule has 1 N–H and O–H groups in total. The summed E-state index contributed by atoms with van der Waals surface area (Å²) in [5, 5.41) is 27.5. The number of aromatic nitrogens is 2. The van der Waals surface area contributed by atoms with Crippen molar-refractivity contribution in [3.8, 4) is 6.07 Å². The van der Waals surface area contributed by atoms with Crippen molar-refractivity contribution in [2.75, 3.05) is 0 Å². The molecule has 0 fully saturated rings. The quantitative estimate of drug-likeness (QED) is 0.659. The molecule has 1 atom stereocenters. The molecular weight excluding hydrogens is 334 g/mol. The van der Waals surface area contributed by atoms with E-state index in [0.717, 1.165) is 0 Å². The van der Waals surface area contributed by atoms with Gasteiger partial charge in [-0.3, -0.25) is 19.6 Å². The monoisotopic (exact) mass is 347 g/mol.